The number of hydrogen-bond acceptors (Lipinski definition) is 3. The van der Waals surface area contributed by atoms with E-state index in [4.69, 9.17) is 0 Å². The molecule has 2 unspecified atom stereocenters. The van der Waals surface area contributed by atoms with Gasteiger partial charge >= 0.3 is 0 Å². The van der Waals surface area contributed by atoms with Crippen LogP contribution in [-0.4, -0.2) is 25.2 Å². The molecule has 1 aliphatic carbocycles. The minimum absolute atomic E-state index is 0.209. The van der Waals surface area contributed by atoms with Crippen molar-refractivity contribution < 1.29 is 8.42 Å². The summed E-state index contributed by atoms with van der Waals surface area (Å²) in [5, 5.41) is 6.17. The van der Waals surface area contributed by atoms with Crippen molar-refractivity contribution in [2.24, 2.45) is 11.8 Å². The van der Waals surface area contributed by atoms with E-state index in [9.17, 15) is 8.42 Å². The molecule has 1 aliphatic rings. The van der Waals surface area contributed by atoms with Crippen molar-refractivity contribution in [1.29, 1.82) is 0 Å². The highest BCUT2D eigenvalue weighted by Gasteiger charge is 2.23. The zero-order valence-corrected chi connectivity index (χ0v) is 10.8. The molecule has 0 aromatic carbocycles. The van der Waals surface area contributed by atoms with Crippen molar-refractivity contribution in [2.45, 2.75) is 37.5 Å². The lowest BCUT2D eigenvalue weighted by Gasteiger charge is -2.28. The number of aromatic nitrogens is 2. The van der Waals surface area contributed by atoms with Crippen molar-refractivity contribution >= 4 is 10.0 Å². The van der Waals surface area contributed by atoms with Gasteiger partial charge in [0.15, 0.2) is 0 Å². The molecule has 0 radical (unpaired) electrons. The Bertz CT molecular complexity index is 441. The third-order valence-electron chi connectivity index (χ3n) is 3.61. The maximum atomic E-state index is 11.9. The van der Waals surface area contributed by atoms with Crippen LogP contribution >= 0.6 is 0 Å². The van der Waals surface area contributed by atoms with E-state index in [1.807, 2.05) is 0 Å². The maximum Gasteiger partial charge on any atom is 0.243 e. The van der Waals surface area contributed by atoms with E-state index in [1.165, 1.54) is 31.7 Å². The van der Waals surface area contributed by atoms with Crippen LogP contribution in [-0.2, 0) is 10.0 Å². The van der Waals surface area contributed by atoms with Crippen LogP contribution in [0.3, 0.4) is 0 Å². The topological polar surface area (TPSA) is 74.8 Å². The molecule has 1 saturated carbocycles. The fraction of sp³-hybridized carbons (Fsp3) is 0.727. The number of H-pyrrole nitrogens is 1. The van der Waals surface area contributed by atoms with Gasteiger partial charge in [-0.25, -0.2) is 13.1 Å². The number of hydrogen-bond donors (Lipinski definition) is 2. The summed E-state index contributed by atoms with van der Waals surface area (Å²) in [5.74, 6) is 1.07. The molecule has 17 heavy (non-hydrogen) atoms. The van der Waals surface area contributed by atoms with Crippen LogP contribution in [0.5, 0.6) is 0 Å². The zero-order valence-electron chi connectivity index (χ0n) is 10.0. The van der Waals surface area contributed by atoms with Gasteiger partial charge in [0.25, 0.3) is 0 Å². The molecule has 1 heterocycles. The van der Waals surface area contributed by atoms with Gasteiger partial charge in [0.1, 0.15) is 4.90 Å². The van der Waals surface area contributed by atoms with E-state index in [-0.39, 0.29) is 4.90 Å². The molecule has 5 nitrogen and oxygen atoms in total. The molecule has 2 N–H and O–H groups in total. The summed E-state index contributed by atoms with van der Waals surface area (Å²) >= 11 is 0. The van der Waals surface area contributed by atoms with E-state index in [0.717, 1.165) is 6.42 Å². The highest BCUT2D eigenvalue weighted by Crippen LogP contribution is 2.29. The Labute approximate surface area is 102 Å². The Hall–Kier alpha value is -0.880. The van der Waals surface area contributed by atoms with Crippen molar-refractivity contribution in [1.82, 2.24) is 14.9 Å². The average molecular weight is 257 g/mol. The Morgan fingerprint density at radius 2 is 2.24 bits per heavy atom. The standard InChI is InChI=1S/C11H19N3O2S/c1-9-4-2-3-5-10(9)6-14-17(15,16)11-7-12-13-8-11/h7-10,14H,2-6H2,1H3,(H,12,13). The molecule has 0 amide bonds. The quantitative estimate of drug-likeness (QED) is 0.858. The second kappa shape index (κ2) is 5.18. The summed E-state index contributed by atoms with van der Waals surface area (Å²) in [6.07, 6.45) is 7.53. The van der Waals surface area contributed by atoms with Crippen molar-refractivity contribution in [3.05, 3.63) is 12.4 Å². The second-order valence-electron chi connectivity index (χ2n) is 4.81. The first-order valence-corrected chi connectivity index (χ1v) is 7.56. The van der Waals surface area contributed by atoms with Crippen LogP contribution < -0.4 is 4.72 Å². The van der Waals surface area contributed by atoms with Crippen LogP contribution in [0.15, 0.2) is 17.3 Å². The first-order valence-electron chi connectivity index (χ1n) is 6.08. The van der Waals surface area contributed by atoms with Gasteiger partial charge in [-0.3, -0.25) is 5.10 Å². The van der Waals surface area contributed by atoms with Crippen LogP contribution in [0.1, 0.15) is 32.6 Å². The molecule has 1 aromatic rings. The van der Waals surface area contributed by atoms with Gasteiger partial charge in [0.2, 0.25) is 10.0 Å². The average Bonchev–Trinajstić information content (AvgIpc) is 2.82. The molecule has 2 rings (SSSR count). The number of sulfonamides is 1. The molecule has 96 valence electrons. The summed E-state index contributed by atoms with van der Waals surface area (Å²) in [7, 11) is -3.38. The number of nitrogens with one attached hydrogen (secondary N) is 2. The lowest BCUT2D eigenvalue weighted by molar-refractivity contribution is 0.257. The summed E-state index contributed by atoms with van der Waals surface area (Å²) in [4.78, 5) is 0.209. The number of aromatic amines is 1. The van der Waals surface area contributed by atoms with E-state index in [2.05, 4.69) is 21.8 Å². The van der Waals surface area contributed by atoms with Crippen molar-refractivity contribution in [3.8, 4) is 0 Å². The predicted molar refractivity (Wildman–Crippen MR) is 64.9 cm³/mol. The SMILES string of the molecule is CC1CCCCC1CNS(=O)(=O)c1cn[nH]c1. The Balaban J connectivity index is 1.93. The summed E-state index contributed by atoms with van der Waals surface area (Å²) in [6.45, 7) is 2.74. The van der Waals surface area contributed by atoms with Gasteiger partial charge < -0.3 is 0 Å². The van der Waals surface area contributed by atoms with Crippen LogP contribution in [0.25, 0.3) is 0 Å². The smallest absolute Gasteiger partial charge is 0.243 e. The van der Waals surface area contributed by atoms with Gasteiger partial charge in [0.05, 0.1) is 6.20 Å². The monoisotopic (exact) mass is 257 g/mol. The summed E-state index contributed by atoms with van der Waals surface area (Å²) < 4.78 is 26.4. The molecule has 6 heteroatoms. The first kappa shape index (κ1) is 12.6. The molecular weight excluding hydrogens is 238 g/mol. The minimum atomic E-state index is -3.38. The van der Waals surface area contributed by atoms with E-state index < -0.39 is 10.0 Å². The Morgan fingerprint density at radius 1 is 1.47 bits per heavy atom. The Morgan fingerprint density at radius 3 is 2.88 bits per heavy atom. The van der Waals surface area contributed by atoms with Gasteiger partial charge in [0, 0.05) is 12.7 Å². The second-order valence-corrected chi connectivity index (χ2v) is 6.57. The zero-order chi connectivity index (χ0) is 12.3. The minimum Gasteiger partial charge on any atom is -0.284 e. The molecule has 2 atom stereocenters. The predicted octanol–water partition coefficient (Wildman–Crippen LogP) is 1.51. The van der Waals surface area contributed by atoms with Gasteiger partial charge in [-0.15, -0.1) is 0 Å². The number of nitrogens with zero attached hydrogens (tertiary/aromatic N) is 1. The lowest BCUT2D eigenvalue weighted by atomic mass is 9.81. The van der Waals surface area contributed by atoms with Crippen molar-refractivity contribution in [2.75, 3.05) is 6.54 Å². The first-order chi connectivity index (χ1) is 8.09. The van der Waals surface area contributed by atoms with E-state index in [0.29, 0.717) is 18.4 Å². The lowest BCUT2D eigenvalue weighted by Crippen LogP contribution is -2.33. The van der Waals surface area contributed by atoms with Gasteiger partial charge in [-0.2, -0.15) is 5.10 Å². The van der Waals surface area contributed by atoms with Crippen LogP contribution in [0.4, 0.5) is 0 Å². The van der Waals surface area contributed by atoms with Crippen molar-refractivity contribution in [3.63, 3.8) is 0 Å². The molecule has 1 fully saturated rings. The molecular formula is C11H19N3O2S. The summed E-state index contributed by atoms with van der Waals surface area (Å²) in [5.41, 5.74) is 0. The molecule has 0 aliphatic heterocycles. The Kier molecular flexibility index (Phi) is 3.83. The van der Waals surface area contributed by atoms with E-state index >= 15 is 0 Å². The largest absolute Gasteiger partial charge is 0.284 e. The van der Waals surface area contributed by atoms with Crippen LogP contribution in [0, 0.1) is 11.8 Å². The van der Waals surface area contributed by atoms with E-state index in [1.54, 1.807) is 0 Å². The van der Waals surface area contributed by atoms with Gasteiger partial charge in [-0.1, -0.05) is 26.2 Å². The number of rotatable bonds is 4. The fourth-order valence-corrected chi connectivity index (χ4v) is 3.38. The van der Waals surface area contributed by atoms with Gasteiger partial charge in [-0.05, 0) is 18.3 Å². The molecule has 0 spiro atoms. The summed E-state index contributed by atoms with van der Waals surface area (Å²) in [6, 6.07) is 0. The maximum absolute atomic E-state index is 11.9. The fourth-order valence-electron chi connectivity index (χ4n) is 2.38. The highest BCUT2D eigenvalue weighted by atomic mass is 32.2. The molecule has 0 bridgehead atoms. The normalized spacial score (nSPS) is 25.9. The highest BCUT2D eigenvalue weighted by molar-refractivity contribution is 7.89. The third-order valence-corrected chi connectivity index (χ3v) is 5.00. The molecule has 0 saturated heterocycles. The van der Waals surface area contributed by atoms with Crippen LogP contribution in [0.2, 0.25) is 0 Å². The molecule has 1 aromatic heterocycles. The third kappa shape index (κ3) is 3.07.